The highest BCUT2D eigenvalue weighted by atomic mass is 32.2. The van der Waals surface area contributed by atoms with Crippen LogP contribution in [0.3, 0.4) is 0 Å². The fraction of sp³-hybridized carbons (Fsp3) is 0.125. The van der Waals surface area contributed by atoms with Crippen LogP contribution in [0.1, 0.15) is 32.8 Å². The van der Waals surface area contributed by atoms with Gasteiger partial charge in [0.25, 0.3) is 0 Å². The van der Waals surface area contributed by atoms with Gasteiger partial charge in [-0.2, -0.15) is 0 Å². The maximum atomic E-state index is 14.5. The molecule has 0 aliphatic heterocycles. The van der Waals surface area contributed by atoms with E-state index in [1.807, 2.05) is 24.3 Å². The molecule has 0 bridgehead atoms. The summed E-state index contributed by atoms with van der Waals surface area (Å²) in [5.41, 5.74) is 15.9. The minimum absolute atomic E-state index is 0.627. The summed E-state index contributed by atoms with van der Waals surface area (Å²) in [5, 5.41) is -1.88. The van der Waals surface area contributed by atoms with Crippen molar-refractivity contribution in [3.05, 3.63) is 131 Å². The van der Waals surface area contributed by atoms with Gasteiger partial charge in [0.2, 0.25) is 0 Å². The van der Waals surface area contributed by atoms with Crippen molar-refractivity contribution in [3.63, 3.8) is 0 Å². The molecule has 0 aliphatic rings. The predicted octanol–water partition coefficient (Wildman–Crippen LogP) is 6.49. The molecule has 0 radical (unpaired) electrons. The van der Waals surface area contributed by atoms with Crippen molar-refractivity contribution in [2.24, 2.45) is 0 Å². The summed E-state index contributed by atoms with van der Waals surface area (Å²) >= 11 is 0. The van der Waals surface area contributed by atoms with Crippen LogP contribution in [-0.4, -0.2) is 22.6 Å². The lowest BCUT2D eigenvalue weighted by Crippen LogP contribution is -2.19. The van der Waals surface area contributed by atoms with E-state index in [1.165, 1.54) is 0 Å². The number of ether oxygens (including phenoxy) is 2. The Morgan fingerprint density at radius 1 is 0.564 bits per heavy atom. The van der Waals surface area contributed by atoms with Crippen LogP contribution in [0.5, 0.6) is 11.5 Å². The lowest BCUT2D eigenvalue weighted by atomic mass is 10.1. The van der Waals surface area contributed by atoms with Gasteiger partial charge in [-0.15, -0.1) is 0 Å². The van der Waals surface area contributed by atoms with E-state index in [2.05, 4.69) is 0 Å². The highest BCUT2D eigenvalue weighted by Gasteiger charge is 2.33. The van der Waals surface area contributed by atoms with Crippen LogP contribution in [0.2, 0.25) is 0 Å². The highest BCUT2D eigenvalue weighted by Crippen LogP contribution is 2.38. The second-order valence-corrected chi connectivity index (χ2v) is 11.2. The summed E-state index contributed by atoms with van der Waals surface area (Å²) in [7, 11) is -0.719. The molecule has 0 fully saturated rings. The van der Waals surface area contributed by atoms with E-state index in [9.17, 15) is 8.42 Å². The third-order valence-corrected chi connectivity index (χ3v) is 8.67. The van der Waals surface area contributed by atoms with Crippen LogP contribution in [0.25, 0.3) is 12.2 Å². The van der Waals surface area contributed by atoms with Gasteiger partial charge in [-0.25, -0.2) is 8.42 Å². The van der Waals surface area contributed by atoms with Gasteiger partial charge in [0, 0.05) is 11.4 Å². The van der Waals surface area contributed by atoms with Gasteiger partial charge >= 0.3 is 0 Å². The standard InChI is InChI=1S/C32H32N2O4S/c1-37-29-17-9-25(10-18-29)31(21-7-23-3-13-27(33)14-4-23)39(35,36)32(26-11-19-30(38-2)20-12-26)22-8-24-5-15-28(34)16-6-24/h3-22,31-32H,33-34H2,1-2H3/b21-7+,22-8+. The first-order chi connectivity index (χ1) is 18.8. The van der Waals surface area contributed by atoms with Crippen LogP contribution >= 0.6 is 0 Å². The average molecular weight is 541 g/mol. The molecule has 6 nitrogen and oxygen atoms in total. The van der Waals surface area contributed by atoms with Crippen LogP contribution in [-0.2, 0) is 9.84 Å². The number of hydrogen-bond donors (Lipinski definition) is 2. The molecule has 4 aromatic rings. The lowest BCUT2D eigenvalue weighted by Gasteiger charge is -2.22. The molecule has 0 heterocycles. The number of nitrogens with two attached hydrogens (primary N) is 2. The maximum Gasteiger partial charge on any atom is 0.171 e. The molecule has 0 spiro atoms. The predicted molar refractivity (Wildman–Crippen MR) is 160 cm³/mol. The Hall–Kier alpha value is -4.49. The number of rotatable bonds is 10. The molecule has 4 N–H and O–H groups in total. The van der Waals surface area contributed by atoms with Gasteiger partial charge < -0.3 is 20.9 Å². The van der Waals surface area contributed by atoms with E-state index in [1.54, 1.807) is 111 Å². The molecule has 2 unspecified atom stereocenters. The number of benzene rings is 4. The molecule has 0 saturated carbocycles. The Balaban J connectivity index is 1.82. The molecule has 4 aromatic carbocycles. The lowest BCUT2D eigenvalue weighted by molar-refractivity contribution is 0.414. The first-order valence-corrected chi connectivity index (χ1v) is 14.0. The van der Waals surface area contributed by atoms with Gasteiger partial charge in [0.05, 0.1) is 14.2 Å². The molecule has 39 heavy (non-hydrogen) atoms. The van der Waals surface area contributed by atoms with Crippen molar-refractivity contribution in [1.82, 2.24) is 0 Å². The normalized spacial score (nSPS) is 13.4. The third kappa shape index (κ3) is 6.89. The third-order valence-electron chi connectivity index (χ3n) is 6.40. The fourth-order valence-corrected chi connectivity index (χ4v) is 6.16. The minimum Gasteiger partial charge on any atom is -0.497 e. The van der Waals surface area contributed by atoms with Crippen LogP contribution in [0, 0.1) is 0 Å². The largest absolute Gasteiger partial charge is 0.497 e. The molecule has 0 saturated heterocycles. The zero-order valence-corrected chi connectivity index (χ0v) is 22.7. The molecule has 200 valence electrons. The van der Waals surface area contributed by atoms with Gasteiger partial charge in [-0.1, -0.05) is 72.8 Å². The number of nitrogen functional groups attached to an aromatic ring is 2. The SMILES string of the molecule is COc1ccc(C(/C=C/c2ccc(N)cc2)S(=O)(=O)C(/C=C/c2ccc(N)cc2)c2ccc(OC)cc2)cc1. The number of hydrogen-bond acceptors (Lipinski definition) is 6. The second-order valence-electron chi connectivity index (χ2n) is 9.03. The van der Waals surface area contributed by atoms with Gasteiger partial charge in [0.15, 0.2) is 9.84 Å². The summed E-state index contributed by atoms with van der Waals surface area (Å²) in [5.74, 6) is 1.29. The minimum atomic E-state index is -3.87. The van der Waals surface area contributed by atoms with E-state index in [0.29, 0.717) is 34.0 Å². The fourth-order valence-electron chi connectivity index (χ4n) is 4.18. The number of anilines is 2. The Morgan fingerprint density at radius 3 is 1.21 bits per heavy atom. The Kier molecular flexibility index (Phi) is 8.74. The first kappa shape index (κ1) is 27.5. The van der Waals surface area contributed by atoms with Gasteiger partial charge in [-0.3, -0.25) is 0 Å². The molecule has 4 rings (SSSR count). The highest BCUT2D eigenvalue weighted by molar-refractivity contribution is 7.92. The smallest absolute Gasteiger partial charge is 0.171 e. The first-order valence-electron chi connectivity index (χ1n) is 12.4. The zero-order valence-electron chi connectivity index (χ0n) is 21.9. The summed E-state index contributed by atoms with van der Waals surface area (Å²) in [6.45, 7) is 0. The summed E-state index contributed by atoms with van der Waals surface area (Å²) in [6.07, 6.45) is 7.05. The molecule has 0 aromatic heterocycles. The monoisotopic (exact) mass is 540 g/mol. The van der Waals surface area contributed by atoms with Crippen molar-refractivity contribution in [2.45, 2.75) is 10.5 Å². The van der Waals surface area contributed by atoms with E-state index in [0.717, 1.165) is 11.1 Å². The van der Waals surface area contributed by atoms with Crippen LogP contribution in [0.15, 0.2) is 109 Å². The summed E-state index contributed by atoms with van der Waals surface area (Å²) < 4.78 is 39.6. The zero-order chi connectivity index (χ0) is 27.8. The number of methoxy groups -OCH3 is 2. The summed E-state index contributed by atoms with van der Waals surface area (Å²) in [4.78, 5) is 0. The van der Waals surface area contributed by atoms with Gasteiger partial charge in [-0.05, 0) is 70.8 Å². The molecule has 2 atom stereocenters. The molecular weight excluding hydrogens is 508 g/mol. The Bertz CT molecular complexity index is 1410. The van der Waals surface area contributed by atoms with Crippen molar-refractivity contribution in [1.29, 1.82) is 0 Å². The van der Waals surface area contributed by atoms with E-state index in [4.69, 9.17) is 20.9 Å². The Morgan fingerprint density at radius 2 is 0.897 bits per heavy atom. The van der Waals surface area contributed by atoms with Crippen LogP contribution in [0.4, 0.5) is 11.4 Å². The molecule has 0 amide bonds. The molecular formula is C32H32N2O4S. The van der Waals surface area contributed by atoms with Gasteiger partial charge in [0.1, 0.15) is 22.0 Å². The van der Waals surface area contributed by atoms with E-state index in [-0.39, 0.29) is 0 Å². The van der Waals surface area contributed by atoms with Crippen molar-refractivity contribution in [3.8, 4) is 11.5 Å². The van der Waals surface area contributed by atoms with Crippen molar-refractivity contribution < 1.29 is 17.9 Å². The summed E-state index contributed by atoms with van der Waals surface area (Å²) in [6, 6.07) is 28.7. The van der Waals surface area contributed by atoms with Crippen molar-refractivity contribution in [2.75, 3.05) is 25.7 Å². The average Bonchev–Trinajstić information content (AvgIpc) is 2.95. The topological polar surface area (TPSA) is 105 Å². The maximum absolute atomic E-state index is 14.5. The molecule has 7 heteroatoms. The second kappa shape index (κ2) is 12.4. The van der Waals surface area contributed by atoms with E-state index >= 15 is 0 Å². The van der Waals surface area contributed by atoms with E-state index < -0.39 is 20.3 Å². The van der Waals surface area contributed by atoms with Crippen molar-refractivity contribution >= 4 is 33.4 Å². The Labute approximate surface area is 230 Å². The van der Waals surface area contributed by atoms with Crippen LogP contribution < -0.4 is 20.9 Å². The quantitative estimate of drug-likeness (QED) is 0.223. The molecule has 0 aliphatic carbocycles. The number of sulfone groups is 1.